The molecule has 0 aromatic heterocycles. The lowest BCUT2D eigenvalue weighted by molar-refractivity contribution is -0.129. The summed E-state index contributed by atoms with van der Waals surface area (Å²) in [5.41, 5.74) is 2.09. The topological polar surface area (TPSA) is 61.4 Å². The van der Waals surface area contributed by atoms with Crippen LogP contribution in [0.4, 0.5) is 5.69 Å². The number of amides is 2. The maximum atomic E-state index is 12.5. The molecule has 0 aliphatic carbocycles. The van der Waals surface area contributed by atoms with Gasteiger partial charge < -0.3 is 15.5 Å². The summed E-state index contributed by atoms with van der Waals surface area (Å²) in [6.07, 6.45) is 1.11. The van der Waals surface area contributed by atoms with Gasteiger partial charge in [0.25, 0.3) is 0 Å². The molecular weight excluding hydrogens is 350 g/mol. The third kappa shape index (κ3) is 7.06. The first-order chi connectivity index (χ1) is 13.5. The summed E-state index contributed by atoms with van der Waals surface area (Å²) >= 11 is 0. The van der Waals surface area contributed by atoms with E-state index in [0.717, 1.165) is 24.2 Å². The normalized spacial score (nSPS) is 11.7. The van der Waals surface area contributed by atoms with Crippen molar-refractivity contribution in [3.05, 3.63) is 66.2 Å². The van der Waals surface area contributed by atoms with Crippen molar-refractivity contribution in [2.45, 2.75) is 32.7 Å². The van der Waals surface area contributed by atoms with Crippen LogP contribution in [0.15, 0.2) is 60.7 Å². The van der Waals surface area contributed by atoms with Gasteiger partial charge in [-0.3, -0.25) is 9.59 Å². The van der Waals surface area contributed by atoms with Crippen molar-refractivity contribution < 1.29 is 9.59 Å². The highest BCUT2D eigenvalue weighted by Crippen LogP contribution is 2.11. The van der Waals surface area contributed by atoms with Crippen LogP contribution in [-0.4, -0.2) is 38.0 Å². The van der Waals surface area contributed by atoms with Crippen molar-refractivity contribution in [2.24, 2.45) is 5.92 Å². The first-order valence-corrected chi connectivity index (χ1v) is 9.84. The Morgan fingerprint density at radius 1 is 0.964 bits per heavy atom. The molecule has 150 valence electrons. The van der Waals surface area contributed by atoms with Gasteiger partial charge in [0.05, 0.1) is 6.42 Å². The second-order valence-electron chi connectivity index (χ2n) is 7.35. The zero-order valence-corrected chi connectivity index (χ0v) is 17.0. The molecular formula is C23H31N3O2. The molecule has 2 rings (SSSR count). The van der Waals surface area contributed by atoms with Crippen molar-refractivity contribution in [1.82, 2.24) is 10.6 Å². The molecule has 0 fully saturated rings. The molecule has 5 heteroatoms. The van der Waals surface area contributed by atoms with Crippen molar-refractivity contribution in [3.8, 4) is 0 Å². The van der Waals surface area contributed by atoms with E-state index in [9.17, 15) is 9.59 Å². The summed E-state index contributed by atoms with van der Waals surface area (Å²) in [4.78, 5) is 27.0. The molecule has 1 unspecified atom stereocenters. The van der Waals surface area contributed by atoms with Gasteiger partial charge in [-0.15, -0.1) is 0 Å². The van der Waals surface area contributed by atoms with Crippen LogP contribution in [-0.2, 0) is 16.0 Å². The van der Waals surface area contributed by atoms with Crippen molar-refractivity contribution >= 4 is 17.5 Å². The Bertz CT molecular complexity index is 732. The smallest absolute Gasteiger partial charge is 0.242 e. The van der Waals surface area contributed by atoms with Crippen LogP contribution in [0.3, 0.4) is 0 Å². The lowest BCUT2D eigenvalue weighted by Gasteiger charge is -2.23. The average molecular weight is 382 g/mol. The molecule has 5 nitrogen and oxygen atoms in total. The number of rotatable bonds is 10. The van der Waals surface area contributed by atoms with E-state index in [2.05, 4.69) is 27.7 Å². The molecule has 2 amide bonds. The first-order valence-electron chi connectivity index (χ1n) is 9.84. The highest BCUT2D eigenvalue weighted by Gasteiger charge is 2.23. The highest BCUT2D eigenvalue weighted by atomic mass is 16.2. The van der Waals surface area contributed by atoms with Gasteiger partial charge in [0, 0.05) is 25.8 Å². The Morgan fingerprint density at radius 2 is 1.57 bits per heavy atom. The summed E-state index contributed by atoms with van der Waals surface area (Å²) in [5, 5.41) is 5.84. The third-order valence-corrected chi connectivity index (χ3v) is 4.64. The van der Waals surface area contributed by atoms with Gasteiger partial charge in [-0.1, -0.05) is 62.4 Å². The molecule has 2 aromatic rings. The number of nitrogens with zero attached hydrogens (tertiary/aromatic N) is 1. The summed E-state index contributed by atoms with van der Waals surface area (Å²) in [7, 11) is 2.04. The number of nitrogens with one attached hydrogen (secondary N) is 2. The lowest BCUT2D eigenvalue weighted by Crippen LogP contribution is -2.50. The fraction of sp³-hybridized carbons (Fsp3) is 0.391. The van der Waals surface area contributed by atoms with E-state index in [1.165, 1.54) is 0 Å². The van der Waals surface area contributed by atoms with Crippen LogP contribution in [0.2, 0.25) is 0 Å². The van der Waals surface area contributed by atoms with E-state index in [1.807, 2.05) is 69.4 Å². The van der Waals surface area contributed by atoms with Crippen LogP contribution in [0.5, 0.6) is 0 Å². The predicted molar refractivity (Wildman–Crippen MR) is 114 cm³/mol. The number of para-hydroxylation sites is 1. The maximum Gasteiger partial charge on any atom is 0.242 e. The van der Waals surface area contributed by atoms with Gasteiger partial charge in [-0.25, -0.2) is 0 Å². The molecule has 0 spiro atoms. The number of carbonyl (C=O) groups excluding carboxylic acids is 2. The number of benzene rings is 2. The van der Waals surface area contributed by atoms with Crippen LogP contribution in [0.25, 0.3) is 0 Å². The zero-order valence-electron chi connectivity index (χ0n) is 17.0. The third-order valence-electron chi connectivity index (χ3n) is 4.64. The fourth-order valence-corrected chi connectivity index (χ4v) is 2.99. The Hall–Kier alpha value is -2.82. The molecule has 0 saturated carbocycles. The largest absolute Gasteiger partial charge is 0.375 e. The number of hydrogen-bond donors (Lipinski definition) is 2. The predicted octanol–water partition coefficient (Wildman–Crippen LogP) is 3.01. The minimum atomic E-state index is -0.525. The van der Waals surface area contributed by atoms with Gasteiger partial charge in [-0.05, 0) is 30.0 Å². The molecule has 0 aliphatic rings. The molecule has 0 saturated heterocycles. The molecule has 0 aliphatic heterocycles. The lowest BCUT2D eigenvalue weighted by atomic mass is 10.0. The van der Waals surface area contributed by atoms with Gasteiger partial charge in [0.1, 0.15) is 6.04 Å². The van der Waals surface area contributed by atoms with Gasteiger partial charge in [0.15, 0.2) is 0 Å². The number of anilines is 1. The molecule has 2 aromatic carbocycles. The Morgan fingerprint density at radius 3 is 2.18 bits per heavy atom. The standard InChI is InChI=1S/C23H31N3O2/c1-18(2)22(25-21(27)17-19-11-6-4-7-12-19)23(28)24-15-10-16-26(3)20-13-8-5-9-14-20/h4-9,11-14,18,22H,10,15-17H2,1-3H3,(H,24,28)(H,25,27). The van der Waals surface area contributed by atoms with Crippen LogP contribution < -0.4 is 15.5 Å². The van der Waals surface area contributed by atoms with E-state index in [-0.39, 0.29) is 24.2 Å². The van der Waals surface area contributed by atoms with Crippen LogP contribution in [0, 0.1) is 5.92 Å². The minimum Gasteiger partial charge on any atom is -0.375 e. The second-order valence-corrected chi connectivity index (χ2v) is 7.35. The quantitative estimate of drug-likeness (QED) is 0.622. The Labute approximate surface area is 168 Å². The summed E-state index contributed by atoms with van der Waals surface area (Å²) in [6, 6.07) is 19.2. The van der Waals surface area contributed by atoms with E-state index in [0.29, 0.717) is 6.54 Å². The minimum absolute atomic E-state index is 0.0201. The zero-order chi connectivity index (χ0) is 20.4. The van der Waals surface area contributed by atoms with Gasteiger partial charge >= 0.3 is 0 Å². The highest BCUT2D eigenvalue weighted by molar-refractivity contribution is 5.88. The maximum absolute atomic E-state index is 12.5. The molecule has 28 heavy (non-hydrogen) atoms. The summed E-state index contributed by atoms with van der Waals surface area (Å²) in [6.45, 7) is 5.30. The summed E-state index contributed by atoms with van der Waals surface area (Å²) < 4.78 is 0. The molecule has 2 N–H and O–H groups in total. The van der Waals surface area contributed by atoms with Gasteiger partial charge in [-0.2, -0.15) is 0 Å². The molecule has 0 radical (unpaired) electrons. The number of hydrogen-bond acceptors (Lipinski definition) is 3. The summed E-state index contributed by atoms with van der Waals surface area (Å²) in [5.74, 6) is -0.241. The van der Waals surface area contributed by atoms with E-state index < -0.39 is 6.04 Å². The van der Waals surface area contributed by atoms with Crippen LogP contribution in [0.1, 0.15) is 25.8 Å². The second kappa shape index (κ2) is 11.1. The average Bonchev–Trinajstić information content (AvgIpc) is 2.70. The monoisotopic (exact) mass is 381 g/mol. The van der Waals surface area contributed by atoms with Crippen LogP contribution >= 0.6 is 0 Å². The Kier molecular flexibility index (Phi) is 8.53. The van der Waals surface area contributed by atoms with Crippen molar-refractivity contribution in [2.75, 3.05) is 25.0 Å². The molecule has 0 bridgehead atoms. The van der Waals surface area contributed by atoms with Crippen molar-refractivity contribution in [3.63, 3.8) is 0 Å². The molecule has 1 atom stereocenters. The first kappa shape index (κ1) is 21.5. The fourth-order valence-electron chi connectivity index (χ4n) is 2.99. The Balaban J connectivity index is 1.76. The van der Waals surface area contributed by atoms with E-state index in [1.54, 1.807) is 0 Å². The van der Waals surface area contributed by atoms with E-state index >= 15 is 0 Å². The van der Waals surface area contributed by atoms with Gasteiger partial charge in [0.2, 0.25) is 11.8 Å². The van der Waals surface area contributed by atoms with Crippen molar-refractivity contribution in [1.29, 1.82) is 0 Å². The van der Waals surface area contributed by atoms with E-state index in [4.69, 9.17) is 0 Å². The SMILES string of the molecule is CC(C)C(NC(=O)Cc1ccccc1)C(=O)NCCCN(C)c1ccccc1. The number of carbonyl (C=O) groups is 2. The molecule has 0 heterocycles.